The van der Waals surface area contributed by atoms with Gasteiger partial charge in [-0.25, -0.2) is 4.98 Å². The largest absolute Gasteiger partial charge is 0.249 e. The number of halogens is 2. The second-order valence-electron chi connectivity index (χ2n) is 2.23. The van der Waals surface area contributed by atoms with E-state index < -0.39 is 0 Å². The molecule has 0 aliphatic heterocycles. The Kier molecular flexibility index (Phi) is 2.89. The monoisotopic (exact) mass is 367 g/mol. The molecule has 2 aromatic rings. The minimum atomic E-state index is 0.829. The summed E-state index contributed by atoms with van der Waals surface area (Å²) in [7, 11) is 0. The van der Waals surface area contributed by atoms with Crippen molar-refractivity contribution in [3.63, 3.8) is 0 Å². The Labute approximate surface area is 101 Å². The van der Waals surface area contributed by atoms with Crippen molar-refractivity contribution in [2.24, 2.45) is 0 Å². The number of pyridine rings is 1. The molecule has 13 heavy (non-hydrogen) atoms. The fraction of sp³-hybridized carbons (Fsp3) is 0. The molecule has 0 N–H and O–H groups in total. The van der Waals surface area contributed by atoms with Crippen LogP contribution in [0.2, 0.25) is 0 Å². The molecular formula is C7H3BrIN3S. The van der Waals surface area contributed by atoms with Crippen molar-refractivity contribution < 1.29 is 0 Å². The Morgan fingerprint density at radius 3 is 2.69 bits per heavy atom. The summed E-state index contributed by atoms with van der Waals surface area (Å²) in [6, 6.07) is 3.86. The fourth-order valence-electron chi connectivity index (χ4n) is 0.824. The van der Waals surface area contributed by atoms with E-state index in [2.05, 4.69) is 53.7 Å². The van der Waals surface area contributed by atoms with E-state index in [-0.39, 0.29) is 0 Å². The summed E-state index contributed by atoms with van der Waals surface area (Å²) in [6.45, 7) is 0. The molecule has 0 unspecified atom stereocenters. The molecule has 0 bridgehead atoms. The van der Waals surface area contributed by atoms with E-state index in [0.717, 1.165) is 18.2 Å². The molecule has 0 fully saturated rings. The molecule has 3 nitrogen and oxygen atoms in total. The van der Waals surface area contributed by atoms with Crippen molar-refractivity contribution in [3.8, 4) is 10.6 Å². The van der Waals surface area contributed by atoms with Crippen LogP contribution >= 0.6 is 49.9 Å². The lowest BCUT2D eigenvalue weighted by Crippen LogP contribution is -1.79. The van der Waals surface area contributed by atoms with Crippen LogP contribution in [0.3, 0.4) is 0 Å². The molecular weight excluding hydrogens is 365 g/mol. The summed E-state index contributed by atoms with van der Waals surface area (Å²) in [5, 5.41) is 8.86. The summed E-state index contributed by atoms with van der Waals surface area (Å²) in [6.07, 6.45) is 1.78. The van der Waals surface area contributed by atoms with Crippen LogP contribution in [0.15, 0.2) is 22.9 Å². The average molecular weight is 368 g/mol. The Bertz CT molecular complexity index is 414. The van der Waals surface area contributed by atoms with Crippen molar-refractivity contribution in [3.05, 3.63) is 25.9 Å². The highest BCUT2D eigenvalue weighted by Gasteiger charge is 2.04. The van der Waals surface area contributed by atoms with Crippen molar-refractivity contribution in [2.75, 3.05) is 0 Å². The number of rotatable bonds is 1. The molecule has 0 saturated heterocycles. The predicted molar refractivity (Wildman–Crippen MR) is 63.6 cm³/mol. The first-order valence-electron chi connectivity index (χ1n) is 3.36. The molecule has 0 aliphatic carbocycles. The van der Waals surface area contributed by atoms with Crippen molar-refractivity contribution in [1.29, 1.82) is 0 Å². The summed E-state index contributed by atoms with van der Waals surface area (Å²) in [5.74, 6) is 0. The molecule has 66 valence electrons. The van der Waals surface area contributed by atoms with Gasteiger partial charge >= 0.3 is 0 Å². The normalized spacial score (nSPS) is 10.3. The third-order valence-electron chi connectivity index (χ3n) is 1.37. The van der Waals surface area contributed by atoms with Gasteiger partial charge in [-0.3, -0.25) is 0 Å². The van der Waals surface area contributed by atoms with Gasteiger partial charge in [0.05, 0.1) is 0 Å². The van der Waals surface area contributed by atoms with Gasteiger partial charge in [-0.2, -0.15) is 0 Å². The zero-order chi connectivity index (χ0) is 9.26. The van der Waals surface area contributed by atoms with Crippen molar-refractivity contribution in [2.45, 2.75) is 0 Å². The maximum absolute atomic E-state index is 4.12. The molecule has 0 radical (unpaired) electrons. The summed E-state index contributed by atoms with van der Waals surface area (Å²) in [4.78, 5) is 4.12. The van der Waals surface area contributed by atoms with Crippen LogP contribution < -0.4 is 0 Å². The van der Waals surface area contributed by atoms with E-state index in [1.807, 2.05) is 12.1 Å². The van der Waals surface area contributed by atoms with E-state index in [0.29, 0.717) is 0 Å². The molecule has 2 aromatic heterocycles. The quantitative estimate of drug-likeness (QED) is 0.574. The molecule has 0 atom stereocenters. The molecule has 0 aromatic carbocycles. The fourth-order valence-corrected chi connectivity index (χ4v) is 2.35. The smallest absolute Gasteiger partial charge is 0.178 e. The highest BCUT2D eigenvalue weighted by atomic mass is 127. The Balaban J connectivity index is 2.41. The molecule has 0 amide bonds. The second-order valence-corrected chi connectivity index (χ2v) is 5.77. The SMILES string of the molecule is Brc1ccc(-c2nnc(I)s2)cn1. The van der Waals surface area contributed by atoms with Gasteiger partial charge in [-0.15, -0.1) is 10.2 Å². The maximum atomic E-state index is 4.12. The van der Waals surface area contributed by atoms with Crippen LogP contribution in [0.4, 0.5) is 0 Å². The van der Waals surface area contributed by atoms with Crippen LogP contribution in [0.25, 0.3) is 10.6 Å². The predicted octanol–water partition coefficient (Wildman–Crippen LogP) is 2.97. The third-order valence-corrected chi connectivity index (χ3v) is 3.48. The van der Waals surface area contributed by atoms with Crippen molar-refractivity contribution >= 4 is 49.9 Å². The highest BCUT2D eigenvalue weighted by molar-refractivity contribution is 14.1. The lowest BCUT2D eigenvalue weighted by molar-refractivity contribution is 1.07. The van der Waals surface area contributed by atoms with E-state index in [9.17, 15) is 0 Å². The molecule has 0 saturated carbocycles. The Morgan fingerprint density at radius 1 is 1.31 bits per heavy atom. The number of nitrogens with zero attached hydrogens (tertiary/aromatic N) is 3. The summed E-state index contributed by atoms with van der Waals surface area (Å²) in [5.41, 5.74) is 1.00. The van der Waals surface area contributed by atoms with Gasteiger partial charge in [-0.1, -0.05) is 11.3 Å². The molecule has 2 rings (SSSR count). The zero-order valence-corrected chi connectivity index (χ0v) is 10.8. The van der Waals surface area contributed by atoms with Gasteiger partial charge < -0.3 is 0 Å². The van der Waals surface area contributed by atoms with Crippen LogP contribution in [0.1, 0.15) is 0 Å². The standard InChI is InChI=1S/C7H3BrIN3S/c8-5-2-1-4(3-10-5)6-11-12-7(9)13-6/h1-3H. The van der Waals surface area contributed by atoms with Gasteiger partial charge in [0, 0.05) is 11.8 Å². The van der Waals surface area contributed by atoms with E-state index in [4.69, 9.17) is 0 Å². The first-order valence-corrected chi connectivity index (χ1v) is 6.05. The Morgan fingerprint density at radius 2 is 2.15 bits per heavy atom. The van der Waals surface area contributed by atoms with Crippen LogP contribution in [0, 0.1) is 3.01 Å². The van der Waals surface area contributed by atoms with E-state index in [1.165, 1.54) is 0 Å². The average Bonchev–Trinajstić information content (AvgIpc) is 2.53. The molecule has 0 spiro atoms. The first kappa shape index (κ1) is 9.47. The Hall–Kier alpha value is -0.0800. The lowest BCUT2D eigenvalue weighted by Gasteiger charge is -1.92. The minimum Gasteiger partial charge on any atom is -0.249 e. The highest BCUT2D eigenvalue weighted by Crippen LogP contribution is 2.24. The van der Waals surface area contributed by atoms with Gasteiger partial charge in [-0.05, 0) is 50.7 Å². The van der Waals surface area contributed by atoms with Crippen LogP contribution in [-0.2, 0) is 0 Å². The van der Waals surface area contributed by atoms with E-state index >= 15 is 0 Å². The third kappa shape index (κ3) is 2.23. The van der Waals surface area contributed by atoms with Crippen molar-refractivity contribution in [1.82, 2.24) is 15.2 Å². The van der Waals surface area contributed by atoms with Crippen LogP contribution in [-0.4, -0.2) is 15.2 Å². The van der Waals surface area contributed by atoms with Crippen LogP contribution in [0.5, 0.6) is 0 Å². The topological polar surface area (TPSA) is 38.7 Å². The number of hydrogen-bond donors (Lipinski definition) is 0. The number of aromatic nitrogens is 3. The van der Waals surface area contributed by atoms with Gasteiger partial charge in [0.25, 0.3) is 0 Å². The lowest BCUT2D eigenvalue weighted by atomic mass is 10.3. The summed E-state index contributed by atoms with van der Waals surface area (Å²) >= 11 is 6.98. The first-order chi connectivity index (χ1) is 6.25. The maximum Gasteiger partial charge on any atom is 0.178 e. The summed E-state index contributed by atoms with van der Waals surface area (Å²) < 4.78 is 1.77. The number of hydrogen-bond acceptors (Lipinski definition) is 4. The molecule has 2 heterocycles. The zero-order valence-electron chi connectivity index (χ0n) is 6.24. The minimum absolute atomic E-state index is 0.829. The van der Waals surface area contributed by atoms with E-state index in [1.54, 1.807) is 17.5 Å². The second kappa shape index (κ2) is 3.97. The molecule has 0 aliphatic rings. The van der Waals surface area contributed by atoms with Gasteiger partial charge in [0.2, 0.25) is 0 Å². The van der Waals surface area contributed by atoms with Gasteiger partial charge in [0.1, 0.15) is 9.61 Å². The molecule has 6 heteroatoms. The van der Waals surface area contributed by atoms with Gasteiger partial charge in [0.15, 0.2) is 3.01 Å².